The molecule has 2 aromatic rings. The monoisotopic (exact) mass is 424 g/mol. The Hall–Kier alpha value is -3.35. The maximum absolute atomic E-state index is 12.3. The van der Waals surface area contributed by atoms with Crippen molar-refractivity contribution in [2.45, 2.75) is 51.2 Å². The minimum absolute atomic E-state index is 0.0758. The van der Waals surface area contributed by atoms with E-state index in [2.05, 4.69) is 5.32 Å². The summed E-state index contributed by atoms with van der Waals surface area (Å²) in [5, 5.41) is 13.5. The number of esters is 1. The third kappa shape index (κ3) is 5.63. The lowest BCUT2D eigenvalue weighted by atomic mass is 9.98. The van der Waals surface area contributed by atoms with Crippen LogP contribution in [-0.2, 0) is 19.1 Å². The Morgan fingerprint density at radius 3 is 2.06 bits per heavy atom. The Balaban J connectivity index is 1.56. The molecule has 2 aromatic carbocycles. The number of rotatable bonds is 7. The summed E-state index contributed by atoms with van der Waals surface area (Å²) < 4.78 is 10.5. The van der Waals surface area contributed by atoms with Crippen LogP contribution in [0.1, 0.15) is 50.7 Å². The largest absolute Gasteiger partial charge is 0.548 e. The maximum atomic E-state index is 12.3. The lowest BCUT2D eigenvalue weighted by Crippen LogP contribution is -2.49. The fourth-order valence-electron chi connectivity index (χ4n) is 3.65. The highest BCUT2D eigenvalue weighted by atomic mass is 16.6. The SMILES string of the molecule is CC(C)(C)OC(=O)N[C@H](CCC(=O)OCC1c2ccccc2-c2ccccc21)C(=O)[O-]. The topological polar surface area (TPSA) is 105 Å². The van der Waals surface area contributed by atoms with Gasteiger partial charge in [-0.25, -0.2) is 4.79 Å². The summed E-state index contributed by atoms with van der Waals surface area (Å²) in [4.78, 5) is 35.4. The van der Waals surface area contributed by atoms with Gasteiger partial charge in [0.15, 0.2) is 0 Å². The van der Waals surface area contributed by atoms with Crippen LogP contribution in [0.3, 0.4) is 0 Å². The van der Waals surface area contributed by atoms with E-state index in [4.69, 9.17) is 9.47 Å². The van der Waals surface area contributed by atoms with Crippen LogP contribution in [-0.4, -0.2) is 36.3 Å². The molecule has 31 heavy (non-hydrogen) atoms. The van der Waals surface area contributed by atoms with Gasteiger partial charge in [-0.05, 0) is 49.4 Å². The lowest BCUT2D eigenvalue weighted by molar-refractivity contribution is -0.308. The van der Waals surface area contributed by atoms with Crippen LogP contribution in [0.2, 0.25) is 0 Å². The first-order valence-electron chi connectivity index (χ1n) is 10.2. The van der Waals surface area contributed by atoms with Gasteiger partial charge in [-0.3, -0.25) is 4.79 Å². The minimum Gasteiger partial charge on any atom is -0.548 e. The van der Waals surface area contributed by atoms with Crippen LogP contribution in [0, 0.1) is 0 Å². The van der Waals surface area contributed by atoms with Crippen molar-refractivity contribution in [1.29, 1.82) is 0 Å². The average Bonchev–Trinajstić information content (AvgIpc) is 3.02. The first-order chi connectivity index (χ1) is 14.7. The molecule has 1 amide bonds. The van der Waals surface area contributed by atoms with E-state index in [-0.39, 0.29) is 25.4 Å². The molecule has 7 nitrogen and oxygen atoms in total. The summed E-state index contributed by atoms with van der Waals surface area (Å²) in [5.74, 6) is -2.11. The van der Waals surface area contributed by atoms with Gasteiger partial charge in [0, 0.05) is 12.3 Å². The number of aliphatic carboxylic acids is 1. The second-order valence-corrected chi connectivity index (χ2v) is 8.47. The van der Waals surface area contributed by atoms with E-state index in [0.29, 0.717) is 0 Å². The summed E-state index contributed by atoms with van der Waals surface area (Å²) >= 11 is 0. The van der Waals surface area contributed by atoms with E-state index < -0.39 is 29.7 Å². The molecule has 7 heteroatoms. The second kappa shape index (κ2) is 9.20. The number of ether oxygens (including phenoxy) is 2. The molecular weight excluding hydrogens is 398 g/mol. The Labute approximate surface area is 181 Å². The molecule has 0 fully saturated rings. The second-order valence-electron chi connectivity index (χ2n) is 8.47. The number of nitrogens with one attached hydrogen (secondary N) is 1. The van der Waals surface area contributed by atoms with Gasteiger partial charge in [-0.2, -0.15) is 0 Å². The fraction of sp³-hybridized carbons (Fsp3) is 0.375. The number of hydrogen-bond donors (Lipinski definition) is 1. The van der Waals surface area contributed by atoms with Crippen LogP contribution in [0.4, 0.5) is 4.79 Å². The van der Waals surface area contributed by atoms with Crippen molar-refractivity contribution in [3.8, 4) is 11.1 Å². The van der Waals surface area contributed by atoms with Crippen molar-refractivity contribution in [2.24, 2.45) is 0 Å². The molecule has 1 atom stereocenters. The van der Waals surface area contributed by atoms with Crippen LogP contribution >= 0.6 is 0 Å². The summed E-state index contributed by atoms with van der Waals surface area (Å²) in [6.45, 7) is 5.15. The standard InChI is InChI=1S/C24H27NO6/c1-24(2,3)31-23(29)25-20(22(27)28)12-13-21(26)30-14-19-17-10-6-4-8-15(17)16-9-5-7-11-18(16)19/h4-11,19-20H,12-14H2,1-3H3,(H,25,29)(H,27,28)/p-1/t20-/m1/s1. The zero-order valence-electron chi connectivity index (χ0n) is 17.8. The van der Waals surface area contributed by atoms with Gasteiger partial charge in [0.05, 0.1) is 12.0 Å². The molecule has 3 rings (SSSR count). The van der Waals surface area contributed by atoms with Gasteiger partial charge < -0.3 is 24.7 Å². The quantitative estimate of drug-likeness (QED) is 0.686. The van der Waals surface area contributed by atoms with Crippen molar-refractivity contribution < 1.29 is 29.0 Å². The molecule has 0 unspecified atom stereocenters. The Morgan fingerprint density at radius 2 is 1.55 bits per heavy atom. The van der Waals surface area contributed by atoms with Gasteiger partial charge in [0.1, 0.15) is 12.2 Å². The Kier molecular flexibility index (Phi) is 6.63. The van der Waals surface area contributed by atoms with E-state index >= 15 is 0 Å². The summed E-state index contributed by atoms with van der Waals surface area (Å²) in [6.07, 6.45) is -1.21. The first-order valence-corrected chi connectivity index (χ1v) is 10.2. The third-order valence-electron chi connectivity index (χ3n) is 4.99. The highest BCUT2D eigenvalue weighted by molar-refractivity contribution is 5.80. The van der Waals surface area contributed by atoms with Crippen molar-refractivity contribution in [3.05, 3.63) is 59.7 Å². The molecule has 1 aliphatic rings. The van der Waals surface area contributed by atoms with Crippen molar-refractivity contribution in [2.75, 3.05) is 6.61 Å². The molecule has 1 aliphatic carbocycles. The van der Waals surface area contributed by atoms with Gasteiger partial charge in [-0.15, -0.1) is 0 Å². The summed E-state index contributed by atoms with van der Waals surface area (Å²) in [5.41, 5.74) is 3.66. The maximum Gasteiger partial charge on any atom is 0.408 e. The van der Waals surface area contributed by atoms with Gasteiger partial charge in [0.25, 0.3) is 0 Å². The third-order valence-corrected chi connectivity index (χ3v) is 4.99. The number of alkyl carbamates (subject to hydrolysis) is 1. The number of carbonyl (C=O) groups is 3. The zero-order chi connectivity index (χ0) is 22.6. The molecular formula is C24H26NO6-. The van der Waals surface area contributed by atoms with Crippen LogP contribution < -0.4 is 10.4 Å². The van der Waals surface area contributed by atoms with Gasteiger partial charge >= 0.3 is 12.1 Å². The Bertz CT molecular complexity index is 933. The molecule has 0 aliphatic heterocycles. The smallest absolute Gasteiger partial charge is 0.408 e. The van der Waals surface area contributed by atoms with E-state index in [1.54, 1.807) is 20.8 Å². The van der Waals surface area contributed by atoms with E-state index in [9.17, 15) is 19.5 Å². The predicted octanol–water partition coefficient (Wildman–Crippen LogP) is 2.77. The number of carboxylic acids is 1. The van der Waals surface area contributed by atoms with Crippen molar-refractivity contribution in [1.82, 2.24) is 5.32 Å². The zero-order valence-corrected chi connectivity index (χ0v) is 17.8. The number of carbonyl (C=O) groups excluding carboxylic acids is 3. The molecule has 0 heterocycles. The van der Waals surface area contributed by atoms with Crippen LogP contribution in [0.15, 0.2) is 48.5 Å². The molecule has 0 aromatic heterocycles. The van der Waals surface area contributed by atoms with Crippen LogP contribution in [0.25, 0.3) is 11.1 Å². The predicted molar refractivity (Wildman–Crippen MR) is 112 cm³/mol. The number of hydrogen-bond acceptors (Lipinski definition) is 6. The van der Waals surface area contributed by atoms with Crippen molar-refractivity contribution in [3.63, 3.8) is 0 Å². The molecule has 0 bridgehead atoms. The van der Waals surface area contributed by atoms with Crippen molar-refractivity contribution >= 4 is 18.0 Å². The number of amides is 1. The fourth-order valence-corrected chi connectivity index (χ4v) is 3.65. The Morgan fingerprint density at radius 1 is 1.00 bits per heavy atom. The molecule has 0 saturated carbocycles. The highest BCUT2D eigenvalue weighted by Crippen LogP contribution is 2.44. The normalized spacial score (nSPS) is 13.6. The highest BCUT2D eigenvalue weighted by Gasteiger charge is 2.29. The number of fused-ring (bicyclic) bond motifs is 3. The number of carboxylic acid groups (broad SMARTS) is 1. The van der Waals surface area contributed by atoms with E-state index in [0.717, 1.165) is 22.3 Å². The van der Waals surface area contributed by atoms with E-state index in [1.807, 2.05) is 48.5 Å². The van der Waals surface area contributed by atoms with Crippen LogP contribution in [0.5, 0.6) is 0 Å². The molecule has 1 N–H and O–H groups in total. The lowest BCUT2D eigenvalue weighted by Gasteiger charge is -2.24. The molecule has 164 valence electrons. The minimum atomic E-state index is -1.49. The van der Waals surface area contributed by atoms with Gasteiger partial charge in [0.2, 0.25) is 0 Å². The van der Waals surface area contributed by atoms with E-state index in [1.165, 1.54) is 0 Å². The first kappa shape index (κ1) is 22.3. The number of benzene rings is 2. The van der Waals surface area contributed by atoms with Gasteiger partial charge in [-0.1, -0.05) is 48.5 Å². The summed E-state index contributed by atoms with van der Waals surface area (Å²) in [6, 6.07) is 14.6. The molecule has 0 radical (unpaired) electrons. The average molecular weight is 424 g/mol. The molecule has 0 spiro atoms. The molecule has 0 saturated heterocycles. The summed E-state index contributed by atoms with van der Waals surface area (Å²) in [7, 11) is 0.